The molecule has 1 rings (SSSR count). The molecule has 0 heterocycles. The first kappa shape index (κ1) is 8.12. The summed E-state index contributed by atoms with van der Waals surface area (Å²) in [5, 5.41) is 9.26. The Morgan fingerprint density at radius 3 is 2.82 bits per heavy atom. The van der Waals surface area contributed by atoms with E-state index >= 15 is 0 Å². The van der Waals surface area contributed by atoms with E-state index in [0.717, 1.165) is 12.0 Å². The van der Waals surface area contributed by atoms with Gasteiger partial charge in [0, 0.05) is 5.41 Å². The molecule has 1 atom stereocenters. The van der Waals surface area contributed by atoms with Gasteiger partial charge in [-0.3, -0.25) is 0 Å². The Morgan fingerprint density at radius 1 is 1.73 bits per heavy atom. The number of hydrogen-bond acceptors (Lipinski definition) is 1. The van der Waals surface area contributed by atoms with Crippen molar-refractivity contribution in [3.63, 3.8) is 0 Å². The van der Waals surface area contributed by atoms with Gasteiger partial charge in [0.2, 0.25) is 0 Å². The number of rotatable bonds is 1. The lowest BCUT2D eigenvalue weighted by atomic mass is 9.80. The summed E-state index contributed by atoms with van der Waals surface area (Å²) in [5.74, 6) is 0.407. The normalized spacial score (nSPS) is 30.7. The molecule has 0 saturated heterocycles. The summed E-state index contributed by atoms with van der Waals surface area (Å²) in [4.78, 5) is 0. The second kappa shape index (κ2) is 2.57. The Balaban J connectivity index is 2.90. The van der Waals surface area contributed by atoms with Crippen LogP contribution in [-0.4, -0.2) is 5.11 Å². The van der Waals surface area contributed by atoms with Crippen LogP contribution in [0.25, 0.3) is 0 Å². The smallest absolute Gasteiger partial charge is 0.114 e. The number of aliphatic hydroxyl groups is 1. The molecule has 0 fully saturated rings. The molecule has 0 aliphatic heterocycles. The molecule has 60 valence electrons. The predicted molar refractivity (Wildman–Crippen MR) is 47.4 cm³/mol. The first-order valence-electron chi connectivity index (χ1n) is 3.79. The molecule has 1 aliphatic carbocycles. The van der Waals surface area contributed by atoms with E-state index in [2.05, 4.69) is 13.5 Å². The van der Waals surface area contributed by atoms with Crippen LogP contribution < -0.4 is 0 Å². The second-order valence-electron chi connectivity index (χ2n) is 3.39. The van der Waals surface area contributed by atoms with Crippen LogP contribution in [0.15, 0.2) is 36.1 Å². The molecule has 0 aromatic heterocycles. The molecule has 0 saturated carbocycles. The van der Waals surface area contributed by atoms with E-state index in [1.165, 1.54) is 0 Å². The van der Waals surface area contributed by atoms with Crippen molar-refractivity contribution < 1.29 is 5.11 Å². The van der Waals surface area contributed by atoms with Crippen LogP contribution in [-0.2, 0) is 0 Å². The van der Waals surface area contributed by atoms with Gasteiger partial charge in [-0.15, -0.1) is 6.58 Å². The summed E-state index contributed by atoms with van der Waals surface area (Å²) >= 11 is 0. The Labute approximate surface area is 67.7 Å². The minimum absolute atomic E-state index is 0.0380. The average Bonchev–Trinajstić information content (AvgIpc) is 1.98. The van der Waals surface area contributed by atoms with Gasteiger partial charge in [-0.05, 0) is 25.0 Å². The molecule has 0 spiro atoms. The van der Waals surface area contributed by atoms with E-state index in [1.807, 2.05) is 19.1 Å². The molecule has 1 aliphatic rings. The van der Waals surface area contributed by atoms with Crippen molar-refractivity contribution in [3.05, 3.63) is 36.1 Å². The Bertz CT molecular complexity index is 235. The zero-order valence-electron chi connectivity index (χ0n) is 7.09. The van der Waals surface area contributed by atoms with Crippen LogP contribution >= 0.6 is 0 Å². The lowest BCUT2D eigenvalue weighted by Gasteiger charge is -2.25. The van der Waals surface area contributed by atoms with E-state index in [0.29, 0.717) is 5.76 Å². The largest absolute Gasteiger partial charge is 0.508 e. The topological polar surface area (TPSA) is 20.2 Å². The first-order valence-corrected chi connectivity index (χ1v) is 3.79. The van der Waals surface area contributed by atoms with E-state index in [4.69, 9.17) is 0 Å². The molecule has 0 aromatic carbocycles. The number of aliphatic hydroxyl groups excluding tert-OH is 1. The summed E-state index contributed by atoms with van der Waals surface area (Å²) in [5.41, 5.74) is 1.07. The highest BCUT2D eigenvalue weighted by Gasteiger charge is 2.21. The van der Waals surface area contributed by atoms with Crippen molar-refractivity contribution in [3.8, 4) is 0 Å². The Morgan fingerprint density at radius 2 is 2.36 bits per heavy atom. The van der Waals surface area contributed by atoms with Gasteiger partial charge >= 0.3 is 0 Å². The summed E-state index contributed by atoms with van der Waals surface area (Å²) in [7, 11) is 0. The quantitative estimate of drug-likeness (QED) is 0.570. The zero-order valence-corrected chi connectivity index (χ0v) is 7.09. The van der Waals surface area contributed by atoms with Crippen molar-refractivity contribution in [2.45, 2.75) is 20.3 Å². The Kier molecular flexibility index (Phi) is 1.90. The highest BCUT2D eigenvalue weighted by Crippen LogP contribution is 2.33. The van der Waals surface area contributed by atoms with E-state index < -0.39 is 0 Å². The van der Waals surface area contributed by atoms with Crippen molar-refractivity contribution in [2.24, 2.45) is 5.41 Å². The van der Waals surface area contributed by atoms with Crippen molar-refractivity contribution in [1.82, 2.24) is 0 Å². The highest BCUT2D eigenvalue weighted by molar-refractivity contribution is 5.29. The fraction of sp³-hybridized carbons (Fsp3) is 0.400. The third-order valence-corrected chi connectivity index (χ3v) is 2.17. The fourth-order valence-corrected chi connectivity index (χ4v) is 1.27. The first-order chi connectivity index (χ1) is 5.07. The van der Waals surface area contributed by atoms with Crippen molar-refractivity contribution in [1.29, 1.82) is 0 Å². The molecule has 0 amide bonds. The van der Waals surface area contributed by atoms with Crippen LogP contribution in [0.5, 0.6) is 0 Å². The molecule has 0 radical (unpaired) electrons. The summed E-state index contributed by atoms with van der Waals surface area (Å²) in [6.07, 6.45) is 6.53. The molecule has 1 heteroatoms. The number of hydrogen-bond donors (Lipinski definition) is 1. The van der Waals surface area contributed by atoms with Gasteiger partial charge in [0.15, 0.2) is 0 Å². The maximum atomic E-state index is 9.26. The molecular formula is C10H14O. The minimum Gasteiger partial charge on any atom is -0.508 e. The van der Waals surface area contributed by atoms with Gasteiger partial charge in [-0.2, -0.15) is 0 Å². The molecule has 1 N–H and O–H groups in total. The standard InChI is InChI=1S/C10H14O/c1-4-10(3)6-5-9(11)8(2)7-10/h4-6,11H,1,7H2,2-3H3. The number of allylic oxidation sites excluding steroid dienone is 4. The summed E-state index contributed by atoms with van der Waals surface area (Å²) in [6, 6.07) is 0. The maximum absolute atomic E-state index is 9.26. The van der Waals surface area contributed by atoms with Gasteiger partial charge in [0.25, 0.3) is 0 Å². The summed E-state index contributed by atoms with van der Waals surface area (Å²) < 4.78 is 0. The average molecular weight is 150 g/mol. The van der Waals surface area contributed by atoms with Gasteiger partial charge in [0.05, 0.1) is 0 Å². The predicted octanol–water partition coefficient (Wildman–Crippen LogP) is 2.97. The van der Waals surface area contributed by atoms with Crippen LogP contribution in [0, 0.1) is 5.41 Å². The third-order valence-electron chi connectivity index (χ3n) is 2.17. The van der Waals surface area contributed by atoms with Gasteiger partial charge in [-0.1, -0.05) is 19.1 Å². The molecule has 1 unspecified atom stereocenters. The molecule has 11 heavy (non-hydrogen) atoms. The third kappa shape index (κ3) is 1.53. The SMILES string of the molecule is C=CC1(C)C=CC(O)=C(C)C1. The van der Waals surface area contributed by atoms with E-state index in [9.17, 15) is 5.11 Å². The van der Waals surface area contributed by atoms with Gasteiger partial charge in [0.1, 0.15) is 5.76 Å². The van der Waals surface area contributed by atoms with E-state index in [-0.39, 0.29) is 5.41 Å². The fourth-order valence-electron chi connectivity index (χ4n) is 1.27. The van der Waals surface area contributed by atoms with Gasteiger partial charge < -0.3 is 5.11 Å². The zero-order chi connectivity index (χ0) is 8.48. The highest BCUT2D eigenvalue weighted by atomic mass is 16.3. The van der Waals surface area contributed by atoms with Crippen molar-refractivity contribution >= 4 is 0 Å². The molecular weight excluding hydrogens is 136 g/mol. The second-order valence-corrected chi connectivity index (χ2v) is 3.39. The minimum atomic E-state index is 0.0380. The molecule has 1 nitrogen and oxygen atoms in total. The lowest BCUT2D eigenvalue weighted by Crippen LogP contribution is -2.13. The van der Waals surface area contributed by atoms with Gasteiger partial charge in [-0.25, -0.2) is 0 Å². The van der Waals surface area contributed by atoms with E-state index in [1.54, 1.807) is 6.08 Å². The van der Waals surface area contributed by atoms with Crippen LogP contribution in [0.3, 0.4) is 0 Å². The van der Waals surface area contributed by atoms with Crippen LogP contribution in [0.4, 0.5) is 0 Å². The van der Waals surface area contributed by atoms with Crippen LogP contribution in [0.2, 0.25) is 0 Å². The Hall–Kier alpha value is -0.980. The maximum Gasteiger partial charge on any atom is 0.114 e. The monoisotopic (exact) mass is 150 g/mol. The lowest BCUT2D eigenvalue weighted by molar-refractivity contribution is 0.401. The van der Waals surface area contributed by atoms with Crippen LogP contribution in [0.1, 0.15) is 20.3 Å². The molecule has 0 aromatic rings. The van der Waals surface area contributed by atoms with Crippen molar-refractivity contribution in [2.75, 3.05) is 0 Å². The summed E-state index contributed by atoms with van der Waals surface area (Å²) in [6.45, 7) is 7.81. The molecule has 0 bridgehead atoms.